The van der Waals surface area contributed by atoms with Gasteiger partial charge in [0.2, 0.25) is 17.7 Å². The van der Waals surface area contributed by atoms with E-state index in [4.69, 9.17) is 9.47 Å². The minimum absolute atomic E-state index is 0.0771. The van der Waals surface area contributed by atoms with Crippen LogP contribution in [-0.4, -0.2) is 44.0 Å². The molecular weight excluding hydrogens is 410 g/mol. The Balaban J connectivity index is 1.27. The summed E-state index contributed by atoms with van der Waals surface area (Å²) in [5.74, 6) is 0.649. The quantitative estimate of drug-likeness (QED) is 0.798. The summed E-state index contributed by atoms with van der Waals surface area (Å²) in [6, 6.07) is 11.0. The van der Waals surface area contributed by atoms with Crippen LogP contribution in [0, 0.1) is 5.92 Å². The van der Waals surface area contributed by atoms with Crippen LogP contribution in [0.25, 0.3) is 0 Å². The molecule has 0 unspecified atom stereocenters. The van der Waals surface area contributed by atoms with Gasteiger partial charge in [-0.1, -0.05) is 6.92 Å². The van der Waals surface area contributed by atoms with Crippen LogP contribution in [0.3, 0.4) is 0 Å². The van der Waals surface area contributed by atoms with Crippen LogP contribution in [0.2, 0.25) is 0 Å². The number of nitrogens with zero attached hydrogens (tertiary/aromatic N) is 2. The maximum Gasteiger partial charge on any atom is 0.229 e. The summed E-state index contributed by atoms with van der Waals surface area (Å²) >= 11 is 0. The zero-order valence-corrected chi connectivity index (χ0v) is 17.9. The second-order valence-corrected chi connectivity index (χ2v) is 8.22. The molecule has 3 aliphatic rings. The van der Waals surface area contributed by atoms with Crippen LogP contribution in [-0.2, 0) is 20.8 Å². The predicted octanol–water partition coefficient (Wildman–Crippen LogP) is 2.75. The van der Waals surface area contributed by atoms with Gasteiger partial charge in [0.1, 0.15) is 13.2 Å². The number of nitrogens with one attached hydrogen (secondary N) is 1. The fourth-order valence-electron chi connectivity index (χ4n) is 4.50. The van der Waals surface area contributed by atoms with Crippen molar-refractivity contribution in [2.24, 2.45) is 5.92 Å². The molecule has 5 rings (SSSR count). The molecular formula is C24H25N3O5. The van der Waals surface area contributed by atoms with E-state index in [-0.39, 0.29) is 24.1 Å². The highest BCUT2D eigenvalue weighted by Gasteiger charge is 2.36. The zero-order chi connectivity index (χ0) is 22.2. The smallest absolute Gasteiger partial charge is 0.229 e. The average Bonchev–Trinajstić information content (AvgIpc) is 3.41. The molecule has 32 heavy (non-hydrogen) atoms. The molecule has 0 bridgehead atoms. The van der Waals surface area contributed by atoms with Crippen molar-refractivity contribution in [3.63, 3.8) is 0 Å². The fraction of sp³-hybridized carbons (Fsp3) is 0.375. The summed E-state index contributed by atoms with van der Waals surface area (Å²) in [5.41, 5.74) is 3.36. The molecule has 8 nitrogen and oxygen atoms in total. The van der Waals surface area contributed by atoms with Crippen molar-refractivity contribution < 1.29 is 23.9 Å². The van der Waals surface area contributed by atoms with Gasteiger partial charge in [-0.3, -0.25) is 14.4 Å². The number of fused-ring (bicyclic) bond motifs is 2. The minimum atomic E-state index is -0.442. The normalized spacial score (nSPS) is 19.2. The Labute approximate surface area is 186 Å². The Morgan fingerprint density at radius 3 is 2.72 bits per heavy atom. The molecule has 0 saturated carbocycles. The molecule has 0 radical (unpaired) electrons. The molecule has 3 heterocycles. The lowest BCUT2D eigenvalue weighted by Crippen LogP contribution is -2.28. The van der Waals surface area contributed by atoms with E-state index in [1.807, 2.05) is 25.1 Å². The highest BCUT2D eigenvalue weighted by molar-refractivity contribution is 6.04. The summed E-state index contributed by atoms with van der Waals surface area (Å²) in [6.07, 6.45) is 1.39. The summed E-state index contributed by atoms with van der Waals surface area (Å²) in [7, 11) is 0. The lowest BCUT2D eigenvalue weighted by molar-refractivity contribution is -0.122. The number of benzene rings is 2. The first-order chi connectivity index (χ1) is 15.5. The highest BCUT2D eigenvalue weighted by Crippen LogP contribution is 2.35. The van der Waals surface area contributed by atoms with E-state index < -0.39 is 5.92 Å². The van der Waals surface area contributed by atoms with Gasteiger partial charge in [0.25, 0.3) is 0 Å². The van der Waals surface area contributed by atoms with Gasteiger partial charge in [0.05, 0.1) is 5.92 Å². The fourth-order valence-corrected chi connectivity index (χ4v) is 4.50. The lowest BCUT2D eigenvalue weighted by atomic mass is 10.1. The second kappa shape index (κ2) is 8.18. The van der Waals surface area contributed by atoms with E-state index in [9.17, 15) is 14.4 Å². The Bertz CT molecular complexity index is 1100. The predicted molar refractivity (Wildman–Crippen MR) is 119 cm³/mol. The number of ether oxygens (including phenoxy) is 2. The van der Waals surface area contributed by atoms with Crippen LogP contribution in [0.15, 0.2) is 36.4 Å². The lowest BCUT2D eigenvalue weighted by Gasteiger charge is -2.20. The number of hydrogen-bond donors (Lipinski definition) is 1. The van der Waals surface area contributed by atoms with Gasteiger partial charge in [0, 0.05) is 49.1 Å². The Hall–Kier alpha value is -3.55. The van der Waals surface area contributed by atoms with Crippen molar-refractivity contribution in [1.82, 2.24) is 0 Å². The van der Waals surface area contributed by atoms with E-state index in [2.05, 4.69) is 5.32 Å². The van der Waals surface area contributed by atoms with Crippen molar-refractivity contribution in [2.75, 3.05) is 41.4 Å². The first-order valence-electron chi connectivity index (χ1n) is 11.0. The van der Waals surface area contributed by atoms with E-state index >= 15 is 0 Å². The maximum atomic E-state index is 12.8. The number of anilines is 3. The monoisotopic (exact) mass is 435 g/mol. The first-order valence-corrected chi connectivity index (χ1v) is 11.0. The molecule has 166 valence electrons. The first kappa shape index (κ1) is 20.4. The van der Waals surface area contributed by atoms with Gasteiger partial charge in [-0.15, -0.1) is 0 Å². The summed E-state index contributed by atoms with van der Waals surface area (Å²) in [5, 5.41) is 2.90. The SMILES string of the molecule is CCC(=O)N1CCc2cc(N3C[C@@H](C(=O)Nc4ccc5c(c4)OCCO5)CC3=O)ccc21. The number of amides is 3. The van der Waals surface area contributed by atoms with Crippen molar-refractivity contribution in [1.29, 1.82) is 0 Å². The summed E-state index contributed by atoms with van der Waals surface area (Å²) < 4.78 is 11.1. The van der Waals surface area contributed by atoms with E-state index in [0.717, 1.165) is 23.4 Å². The standard InChI is InChI=1S/C24H25N3O5/c1-2-22(28)26-8-7-15-11-18(4-5-19(15)26)27-14-16(12-23(27)29)24(30)25-17-3-6-20-21(13-17)32-10-9-31-20/h3-6,11,13,16H,2,7-10,12,14H2,1H3,(H,25,30)/t16-/m0/s1. The van der Waals surface area contributed by atoms with Gasteiger partial charge in [0.15, 0.2) is 11.5 Å². The summed E-state index contributed by atoms with van der Waals surface area (Å²) in [4.78, 5) is 41.1. The number of hydrogen-bond acceptors (Lipinski definition) is 5. The van der Waals surface area contributed by atoms with Crippen LogP contribution in [0.1, 0.15) is 25.3 Å². The van der Waals surface area contributed by atoms with Crippen LogP contribution in [0.4, 0.5) is 17.1 Å². The Kier molecular flexibility index (Phi) is 5.20. The molecule has 3 aliphatic heterocycles. The molecule has 0 spiro atoms. The highest BCUT2D eigenvalue weighted by atomic mass is 16.6. The third kappa shape index (κ3) is 3.66. The molecule has 1 saturated heterocycles. The molecule has 1 N–H and O–H groups in total. The molecule has 2 aromatic carbocycles. The van der Waals surface area contributed by atoms with Crippen molar-refractivity contribution in [3.8, 4) is 11.5 Å². The van der Waals surface area contributed by atoms with Crippen LogP contribution in [0.5, 0.6) is 11.5 Å². The molecule has 0 aromatic heterocycles. The largest absolute Gasteiger partial charge is 0.486 e. The Morgan fingerprint density at radius 1 is 1.09 bits per heavy atom. The van der Waals surface area contributed by atoms with Gasteiger partial charge in [-0.25, -0.2) is 0 Å². The minimum Gasteiger partial charge on any atom is -0.486 e. The van der Waals surface area contributed by atoms with Gasteiger partial charge >= 0.3 is 0 Å². The topological polar surface area (TPSA) is 88.2 Å². The average molecular weight is 435 g/mol. The third-order valence-electron chi connectivity index (χ3n) is 6.18. The van der Waals surface area contributed by atoms with E-state index in [0.29, 0.717) is 49.9 Å². The molecule has 3 amide bonds. The van der Waals surface area contributed by atoms with Crippen LogP contribution >= 0.6 is 0 Å². The van der Waals surface area contributed by atoms with Gasteiger partial charge in [-0.2, -0.15) is 0 Å². The van der Waals surface area contributed by atoms with Crippen molar-refractivity contribution >= 4 is 34.8 Å². The van der Waals surface area contributed by atoms with E-state index in [1.165, 1.54) is 0 Å². The van der Waals surface area contributed by atoms with Gasteiger partial charge < -0.3 is 24.6 Å². The zero-order valence-electron chi connectivity index (χ0n) is 17.9. The number of carbonyl (C=O) groups is 3. The van der Waals surface area contributed by atoms with Crippen molar-refractivity contribution in [2.45, 2.75) is 26.2 Å². The maximum absolute atomic E-state index is 12.8. The Morgan fingerprint density at radius 2 is 1.91 bits per heavy atom. The molecule has 1 atom stereocenters. The van der Waals surface area contributed by atoms with E-state index in [1.54, 1.807) is 28.0 Å². The molecule has 8 heteroatoms. The molecule has 2 aromatic rings. The van der Waals surface area contributed by atoms with Crippen LogP contribution < -0.4 is 24.6 Å². The third-order valence-corrected chi connectivity index (χ3v) is 6.18. The summed E-state index contributed by atoms with van der Waals surface area (Å²) in [6.45, 7) is 3.83. The van der Waals surface area contributed by atoms with Crippen molar-refractivity contribution in [3.05, 3.63) is 42.0 Å². The number of rotatable bonds is 4. The molecule has 0 aliphatic carbocycles. The van der Waals surface area contributed by atoms with Gasteiger partial charge in [-0.05, 0) is 42.3 Å². The molecule has 1 fully saturated rings. The number of carbonyl (C=O) groups excluding carboxylic acids is 3. The second-order valence-electron chi connectivity index (χ2n) is 8.22.